The van der Waals surface area contributed by atoms with Gasteiger partial charge in [-0.05, 0) is 42.0 Å². The topological polar surface area (TPSA) is 59.8 Å². The molecule has 0 bridgehead atoms. The molecule has 5 nitrogen and oxygen atoms in total. The molecule has 0 saturated carbocycles. The van der Waals surface area contributed by atoms with Crippen molar-refractivity contribution in [2.75, 3.05) is 19.4 Å². The van der Waals surface area contributed by atoms with Gasteiger partial charge in [0.1, 0.15) is 22.3 Å². The van der Waals surface area contributed by atoms with Gasteiger partial charge < -0.3 is 14.1 Å². The predicted octanol–water partition coefficient (Wildman–Crippen LogP) is 4.45. The highest BCUT2D eigenvalue weighted by Gasteiger charge is 2.33. The van der Waals surface area contributed by atoms with E-state index in [0.29, 0.717) is 17.5 Å². The van der Waals surface area contributed by atoms with Gasteiger partial charge in [0, 0.05) is 22.2 Å². The van der Waals surface area contributed by atoms with E-state index in [1.54, 1.807) is 42.0 Å². The van der Waals surface area contributed by atoms with Crippen molar-refractivity contribution in [2.45, 2.75) is 5.37 Å². The first-order chi connectivity index (χ1) is 13.1. The number of halogens is 1. The van der Waals surface area contributed by atoms with Crippen molar-refractivity contribution in [1.29, 1.82) is 0 Å². The lowest BCUT2D eigenvalue weighted by molar-refractivity contribution is 0.0756. The Kier molecular flexibility index (Phi) is 4.97. The third-order valence-electron chi connectivity index (χ3n) is 4.48. The molecule has 27 heavy (non-hydrogen) atoms. The van der Waals surface area contributed by atoms with Crippen LogP contribution < -0.4 is 10.4 Å². The third-order valence-corrected chi connectivity index (χ3v) is 6.23. The molecule has 1 amide bonds. The summed E-state index contributed by atoms with van der Waals surface area (Å²) in [5, 5.41) is 0.571. The number of carbonyl (C=O) groups excluding carboxylic acids is 1. The molecule has 1 aliphatic rings. The lowest BCUT2D eigenvalue weighted by atomic mass is 10.1. The zero-order valence-corrected chi connectivity index (χ0v) is 16.9. The number of ether oxygens (including phenoxy) is 1. The molecule has 2 heterocycles. The van der Waals surface area contributed by atoms with Gasteiger partial charge in [-0.3, -0.25) is 4.79 Å². The van der Waals surface area contributed by atoms with E-state index < -0.39 is 5.63 Å². The molecule has 4 rings (SSSR count). The highest BCUT2D eigenvalue weighted by molar-refractivity contribution is 9.10. The summed E-state index contributed by atoms with van der Waals surface area (Å²) in [4.78, 5) is 27.2. The Balaban J connectivity index is 1.69. The van der Waals surface area contributed by atoms with Crippen LogP contribution in [0.3, 0.4) is 0 Å². The number of methoxy groups -OCH3 is 1. The largest absolute Gasteiger partial charge is 0.497 e. The van der Waals surface area contributed by atoms with Crippen LogP contribution in [0.4, 0.5) is 0 Å². The minimum atomic E-state index is -0.611. The zero-order chi connectivity index (χ0) is 19.0. The van der Waals surface area contributed by atoms with E-state index in [4.69, 9.17) is 9.15 Å². The molecule has 7 heteroatoms. The fourth-order valence-corrected chi connectivity index (χ4v) is 4.76. The number of nitrogens with zero attached hydrogens (tertiary/aromatic N) is 1. The molecule has 3 aromatic rings. The number of amides is 1. The highest BCUT2D eigenvalue weighted by atomic mass is 79.9. The standard InChI is InChI=1S/C20H16BrNO4S/c1-25-15-5-2-12(3-6-15)19-22(8-9-27-19)18(23)16-11-13-10-14(21)4-7-17(13)26-20(16)24/h2-7,10-11,19H,8-9H2,1H3/t19-/m1/s1. The van der Waals surface area contributed by atoms with Gasteiger partial charge in [0.15, 0.2) is 0 Å². The molecular weight excluding hydrogens is 430 g/mol. The average molecular weight is 446 g/mol. The Morgan fingerprint density at radius 2 is 2.00 bits per heavy atom. The maximum absolute atomic E-state index is 13.1. The summed E-state index contributed by atoms with van der Waals surface area (Å²) in [7, 11) is 1.62. The quantitative estimate of drug-likeness (QED) is 0.557. The van der Waals surface area contributed by atoms with Crippen molar-refractivity contribution in [3.8, 4) is 5.75 Å². The van der Waals surface area contributed by atoms with Crippen molar-refractivity contribution < 1.29 is 13.9 Å². The Hall–Kier alpha value is -2.25. The molecule has 1 aliphatic heterocycles. The molecule has 138 valence electrons. The first kappa shape index (κ1) is 18.1. The van der Waals surface area contributed by atoms with Crippen LogP contribution in [0.1, 0.15) is 21.3 Å². The van der Waals surface area contributed by atoms with Crippen LogP contribution in [0.15, 0.2) is 62.2 Å². The number of hydrogen-bond acceptors (Lipinski definition) is 5. The fourth-order valence-electron chi connectivity index (χ4n) is 3.12. The number of thioether (sulfide) groups is 1. The lowest BCUT2D eigenvalue weighted by Gasteiger charge is -2.24. The van der Waals surface area contributed by atoms with Crippen LogP contribution in [0, 0.1) is 0 Å². The fraction of sp³-hybridized carbons (Fsp3) is 0.200. The second-order valence-electron chi connectivity index (χ2n) is 6.12. The van der Waals surface area contributed by atoms with Gasteiger partial charge in [0.05, 0.1) is 7.11 Å². The maximum Gasteiger partial charge on any atom is 0.349 e. The van der Waals surface area contributed by atoms with Crippen LogP contribution in [0.25, 0.3) is 11.0 Å². The van der Waals surface area contributed by atoms with Crippen molar-refractivity contribution >= 4 is 44.6 Å². The van der Waals surface area contributed by atoms with Gasteiger partial charge in [-0.2, -0.15) is 0 Å². The van der Waals surface area contributed by atoms with Crippen LogP contribution in [0.2, 0.25) is 0 Å². The summed E-state index contributed by atoms with van der Waals surface area (Å²) in [6.07, 6.45) is 0. The monoisotopic (exact) mass is 445 g/mol. The van der Waals surface area contributed by atoms with Crippen LogP contribution in [-0.4, -0.2) is 30.2 Å². The van der Waals surface area contributed by atoms with Crippen molar-refractivity contribution in [3.63, 3.8) is 0 Å². The van der Waals surface area contributed by atoms with Gasteiger partial charge in [-0.1, -0.05) is 28.1 Å². The third kappa shape index (κ3) is 3.49. The molecule has 0 unspecified atom stereocenters. The second-order valence-corrected chi connectivity index (χ2v) is 8.23. The summed E-state index contributed by atoms with van der Waals surface area (Å²) in [5.41, 5.74) is 0.906. The number of rotatable bonds is 3. The summed E-state index contributed by atoms with van der Waals surface area (Å²) in [6.45, 7) is 0.580. The van der Waals surface area contributed by atoms with E-state index in [1.807, 2.05) is 30.3 Å². The molecule has 1 saturated heterocycles. The average Bonchev–Trinajstić information content (AvgIpc) is 3.17. The van der Waals surface area contributed by atoms with E-state index in [9.17, 15) is 9.59 Å². The van der Waals surface area contributed by atoms with Gasteiger partial charge in [-0.25, -0.2) is 4.79 Å². The minimum Gasteiger partial charge on any atom is -0.497 e. The summed E-state index contributed by atoms with van der Waals surface area (Å²) in [5.74, 6) is 1.27. The second kappa shape index (κ2) is 7.40. The molecule has 2 aromatic carbocycles. The van der Waals surface area contributed by atoms with E-state index in [2.05, 4.69) is 15.9 Å². The van der Waals surface area contributed by atoms with Crippen molar-refractivity contribution in [2.24, 2.45) is 0 Å². The van der Waals surface area contributed by atoms with E-state index in [1.165, 1.54) is 0 Å². The number of fused-ring (bicyclic) bond motifs is 1. The predicted molar refractivity (Wildman–Crippen MR) is 109 cm³/mol. The molecule has 0 aliphatic carbocycles. The van der Waals surface area contributed by atoms with Gasteiger partial charge >= 0.3 is 5.63 Å². The summed E-state index contributed by atoms with van der Waals surface area (Å²) < 4.78 is 11.4. The van der Waals surface area contributed by atoms with E-state index >= 15 is 0 Å². The zero-order valence-electron chi connectivity index (χ0n) is 14.5. The number of carbonyl (C=O) groups is 1. The lowest BCUT2D eigenvalue weighted by Crippen LogP contribution is -2.33. The van der Waals surface area contributed by atoms with Crippen molar-refractivity contribution in [3.05, 3.63) is 74.6 Å². The Morgan fingerprint density at radius 3 is 2.74 bits per heavy atom. The van der Waals surface area contributed by atoms with E-state index in [-0.39, 0.29) is 16.8 Å². The smallest absolute Gasteiger partial charge is 0.349 e. The van der Waals surface area contributed by atoms with Gasteiger partial charge in [0.2, 0.25) is 0 Å². The molecule has 1 aromatic heterocycles. The summed E-state index contributed by atoms with van der Waals surface area (Å²) in [6, 6.07) is 14.6. The minimum absolute atomic E-state index is 0.0570. The molecule has 0 radical (unpaired) electrons. The Labute approximate surface area is 168 Å². The maximum atomic E-state index is 13.1. The van der Waals surface area contributed by atoms with Crippen molar-refractivity contribution in [1.82, 2.24) is 4.90 Å². The van der Waals surface area contributed by atoms with Crippen LogP contribution in [-0.2, 0) is 0 Å². The summed E-state index contributed by atoms with van der Waals surface area (Å²) >= 11 is 5.08. The molecule has 1 fully saturated rings. The highest BCUT2D eigenvalue weighted by Crippen LogP contribution is 2.39. The first-order valence-corrected chi connectivity index (χ1v) is 10.2. The van der Waals surface area contributed by atoms with Gasteiger partial charge in [0.25, 0.3) is 5.91 Å². The first-order valence-electron chi connectivity index (χ1n) is 8.37. The normalized spacial score (nSPS) is 16.7. The number of benzene rings is 2. The molecule has 0 spiro atoms. The van der Waals surface area contributed by atoms with Crippen LogP contribution in [0.5, 0.6) is 5.75 Å². The Morgan fingerprint density at radius 1 is 1.22 bits per heavy atom. The van der Waals surface area contributed by atoms with Crippen LogP contribution >= 0.6 is 27.7 Å². The molecule has 0 N–H and O–H groups in total. The molecular formula is C20H16BrNO4S. The van der Waals surface area contributed by atoms with Gasteiger partial charge in [-0.15, -0.1) is 11.8 Å². The number of hydrogen-bond donors (Lipinski definition) is 0. The van der Waals surface area contributed by atoms with E-state index in [0.717, 1.165) is 21.5 Å². The SMILES string of the molecule is COc1ccc([C@H]2SCCN2C(=O)c2cc3cc(Br)ccc3oc2=O)cc1. The Bertz CT molecular complexity index is 1060. The molecule has 1 atom stereocenters.